The molecule has 0 radical (unpaired) electrons. The predicted octanol–water partition coefficient (Wildman–Crippen LogP) is 3.61. The van der Waals surface area contributed by atoms with Gasteiger partial charge in [-0.15, -0.1) is 0 Å². The molecule has 6 nitrogen and oxygen atoms in total. The number of halogens is 1. The maximum atomic E-state index is 12.3. The molecule has 2 aromatic rings. The van der Waals surface area contributed by atoms with Crippen LogP contribution in [0.4, 0.5) is 5.69 Å². The zero-order valence-electron chi connectivity index (χ0n) is 14.4. The van der Waals surface area contributed by atoms with Crippen molar-refractivity contribution in [3.8, 4) is 11.5 Å². The Kier molecular flexibility index (Phi) is 7.83. The van der Waals surface area contributed by atoms with E-state index >= 15 is 0 Å². The largest absolute Gasteiger partial charge is 0.497 e. The van der Waals surface area contributed by atoms with Crippen molar-refractivity contribution in [1.29, 1.82) is 0 Å². The summed E-state index contributed by atoms with van der Waals surface area (Å²) in [6, 6.07) is 12.3. The van der Waals surface area contributed by atoms with E-state index < -0.39 is 0 Å². The van der Waals surface area contributed by atoms with E-state index in [1.165, 1.54) is 0 Å². The van der Waals surface area contributed by atoms with Crippen LogP contribution in [0, 0.1) is 0 Å². The molecule has 8 heteroatoms. The van der Waals surface area contributed by atoms with Crippen LogP contribution in [0.2, 0.25) is 0 Å². The van der Waals surface area contributed by atoms with E-state index in [-0.39, 0.29) is 11.0 Å². The van der Waals surface area contributed by atoms with Gasteiger partial charge in [-0.2, -0.15) is 0 Å². The Bertz CT molecular complexity index is 786. The Labute approximate surface area is 166 Å². The Morgan fingerprint density at radius 2 is 1.96 bits per heavy atom. The van der Waals surface area contributed by atoms with Crippen molar-refractivity contribution in [3.05, 3.63) is 52.5 Å². The molecule has 0 fully saturated rings. The Morgan fingerprint density at radius 1 is 1.15 bits per heavy atom. The lowest BCUT2D eigenvalue weighted by Crippen LogP contribution is -2.34. The van der Waals surface area contributed by atoms with Crippen LogP contribution in [-0.4, -0.2) is 38.5 Å². The SMILES string of the molecule is COCCOc1ccc(C(=O)NC(=S)Nc2cccc(OC)c2)cc1Br. The van der Waals surface area contributed by atoms with Crippen LogP contribution in [0.5, 0.6) is 11.5 Å². The molecule has 138 valence electrons. The third-order valence-electron chi connectivity index (χ3n) is 3.29. The van der Waals surface area contributed by atoms with E-state index in [4.69, 9.17) is 26.4 Å². The van der Waals surface area contributed by atoms with Gasteiger partial charge in [0.15, 0.2) is 5.11 Å². The number of carbonyl (C=O) groups is 1. The molecule has 0 saturated carbocycles. The minimum absolute atomic E-state index is 0.194. The van der Waals surface area contributed by atoms with E-state index in [0.717, 1.165) is 5.69 Å². The molecule has 2 N–H and O–H groups in total. The number of ether oxygens (including phenoxy) is 3. The lowest BCUT2D eigenvalue weighted by Gasteiger charge is -2.12. The molecule has 0 bridgehead atoms. The summed E-state index contributed by atoms with van der Waals surface area (Å²) < 4.78 is 16.3. The lowest BCUT2D eigenvalue weighted by molar-refractivity contribution is 0.0977. The number of thiocarbonyl (C=S) groups is 1. The highest BCUT2D eigenvalue weighted by Crippen LogP contribution is 2.26. The van der Waals surface area contributed by atoms with Gasteiger partial charge in [-0.1, -0.05) is 6.07 Å². The van der Waals surface area contributed by atoms with Gasteiger partial charge in [0, 0.05) is 24.4 Å². The van der Waals surface area contributed by atoms with Crippen LogP contribution in [0.15, 0.2) is 46.9 Å². The van der Waals surface area contributed by atoms with Crippen LogP contribution in [0.1, 0.15) is 10.4 Å². The maximum Gasteiger partial charge on any atom is 0.257 e. The van der Waals surface area contributed by atoms with Gasteiger partial charge in [0.1, 0.15) is 18.1 Å². The normalized spacial score (nSPS) is 10.1. The zero-order valence-corrected chi connectivity index (χ0v) is 16.8. The van der Waals surface area contributed by atoms with E-state index in [1.807, 2.05) is 18.2 Å². The number of hydrogen-bond donors (Lipinski definition) is 2. The molecule has 1 amide bonds. The van der Waals surface area contributed by atoms with Crippen LogP contribution in [-0.2, 0) is 4.74 Å². The summed E-state index contributed by atoms with van der Waals surface area (Å²) in [6.45, 7) is 0.911. The quantitative estimate of drug-likeness (QED) is 0.508. The molecule has 26 heavy (non-hydrogen) atoms. The van der Waals surface area contributed by atoms with Gasteiger partial charge in [-0.25, -0.2) is 0 Å². The summed E-state index contributed by atoms with van der Waals surface area (Å²) in [6.07, 6.45) is 0. The standard InChI is InChI=1S/C18H19BrN2O4S/c1-23-8-9-25-16-7-6-12(10-15(16)19)17(22)21-18(26)20-13-4-3-5-14(11-13)24-2/h3-7,10-11H,8-9H2,1-2H3,(H2,20,21,22,26). The third-order valence-corrected chi connectivity index (χ3v) is 4.12. The van der Waals surface area contributed by atoms with Crippen molar-refractivity contribution in [2.75, 3.05) is 32.8 Å². The fraction of sp³-hybridized carbons (Fsp3) is 0.222. The van der Waals surface area contributed by atoms with Crippen LogP contribution in [0.3, 0.4) is 0 Å². The minimum Gasteiger partial charge on any atom is -0.497 e. The summed E-state index contributed by atoms with van der Waals surface area (Å²) in [4.78, 5) is 12.3. The Morgan fingerprint density at radius 3 is 2.65 bits per heavy atom. The third kappa shape index (κ3) is 5.98. The second-order valence-electron chi connectivity index (χ2n) is 5.13. The van der Waals surface area contributed by atoms with E-state index in [1.54, 1.807) is 38.5 Å². The second-order valence-corrected chi connectivity index (χ2v) is 6.39. The number of methoxy groups -OCH3 is 2. The number of nitrogens with one attached hydrogen (secondary N) is 2. The zero-order chi connectivity index (χ0) is 18.9. The van der Waals surface area contributed by atoms with Gasteiger partial charge in [0.2, 0.25) is 0 Å². The maximum absolute atomic E-state index is 12.3. The molecule has 2 rings (SSSR count). The molecular weight excluding hydrogens is 420 g/mol. The first-order valence-electron chi connectivity index (χ1n) is 7.71. The summed E-state index contributed by atoms with van der Waals surface area (Å²) in [5.74, 6) is 1.00. The summed E-state index contributed by atoms with van der Waals surface area (Å²) in [7, 11) is 3.19. The average Bonchev–Trinajstić information content (AvgIpc) is 2.63. The number of amides is 1. The Hall–Kier alpha value is -2.16. The molecule has 0 unspecified atom stereocenters. The smallest absolute Gasteiger partial charge is 0.257 e. The van der Waals surface area contributed by atoms with Crippen molar-refractivity contribution in [2.45, 2.75) is 0 Å². The molecule has 0 aliphatic heterocycles. The fourth-order valence-electron chi connectivity index (χ4n) is 2.03. The predicted molar refractivity (Wildman–Crippen MR) is 108 cm³/mol. The molecule has 0 aromatic heterocycles. The van der Waals surface area contributed by atoms with E-state index in [0.29, 0.717) is 34.7 Å². The van der Waals surface area contributed by atoms with Gasteiger partial charge in [-0.05, 0) is 58.5 Å². The summed E-state index contributed by atoms with van der Waals surface area (Å²) in [5.41, 5.74) is 1.17. The number of anilines is 1. The van der Waals surface area contributed by atoms with Crippen LogP contribution >= 0.6 is 28.1 Å². The van der Waals surface area contributed by atoms with Crippen LogP contribution in [0.25, 0.3) is 0 Å². The number of rotatable bonds is 7. The molecule has 0 atom stereocenters. The summed E-state index contributed by atoms with van der Waals surface area (Å²) in [5, 5.41) is 5.78. The van der Waals surface area contributed by atoms with Crippen LogP contribution < -0.4 is 20.1 Å². The fourth-order valence-corrected chi connectivity index (χ4v) is 2.74. The Balaban J connectivity index is 1.95. The number of carbonyl (C=O) groups excluding carboxylic acids is 1. The molecule has 2 aromatic carbocycles. The number of hydrogen-bond acceptors (Lipinski definition) is 5. The molecule has 0 aliphatic rings. The highest BCUT2D eigenvalue weighted by molar-refractivity contribution is 9.10. The van der Waals surface area contributed by atoms with Gasteiger partial charge < -0.3 is 19.5 Å². The van der Waals surface area contributed by atoms with Gasteiger partial charge in [0.25, 0.3) is 5.91 Å². The van der Waals surface area contributed by atoms with Gasteiger partial charge in [-0.3, -0.25) is 10.1 Å². The van der Waals surface area contributed by atoms with E-state index in [9.17, 15) is 4.79 Å². The molecule has 0 saturated heterocycles. The minimum atomic E-state index is -0.325. The first kappa shape index (κ1) is 20.2. The van der Waals surface area contributed by atoms with Gasteiger partial charge in [0.05, 0.1) is 18.2 Å². The summed E-state index contributed by atoms with van der Waals surface area (Å²) >= 11 is 8.58. The first-order valence-corrected chi connectivity index (χ1v) is 8.91. The van der Waals surface area contributed by atoms with E-state index in [2.05, 4.69) is 26.6 Å². The molecule has 0 aliphatic carbocycles. The molecule has 0 spiro atoms. The van der Waals surface area contributed by atoms with Crippen molar-refractivity contribution < 1.29 is 19.0 Å². The second kappa shape index (κ2) is 10.1. The molecule has 0 heterocycles. The van der Waals surface area contributed by atoms with Crippen molar-refractivity contribution >= 4 is 44.9 Å². The van der Waals surface area contributed by atoms with Crippen molar-refractivity contribution in [1.82, 2.24) is 5.32 Å². The number of benzene rings is 2. The highest BCUT2D eigenvalue weighted by Gasteiger charge is 2.11. The van der Waals surface area contributed by atoms with Gasteiger partial charge >= 0.3 is 0 Å². The lowest BCUT2D eigenvalue weighted by atomic mass is 10.2. The van der Waals surface area contributed by atoms with Crippen molar-refractivity contribution in [2.24, 2.45) is 0 Å². The van der Waals surface area contributed by atoms with Crippen molar-refractivity contribution in [3.63, 3.8) is 0 Å². The monoisotopic (exact) mass is 438 g/mol. The highest BCUT2D eigenvalue weighted by atomic mass is 79.9. The first-order chi connectivity index (χ1) is 12.5. The molecular formula is C18H19BrN2O4S. The average molecular weight is 439 g/mol. The topological polar surface area (TPSA) is 68.8 Å².